The van der Waals surface area contributed by atoms with Crippen molar-refractivity contribution >= 4 is 40.6 Å². The van der Waals surface area contributed by atoms with Gasteiger partial charge in [-0.25, -0.2) is 0 Å². The predicted molar refractivity (Wildman–Crippen MR) is 120 cm³/mol. The van der Waals surface area contributed by atoms with E-state index >= 15 is 0 Å². The van der Waals surface area contributed by atoms with Gasteiger partial charge < -0.3 is 10.1 Å². The van der Waals surface area contributed by atoms with Crippen LogP contribution in [0.1, 0.15) is 0 Å². The van der Waals surface area contributed by atoms with Crippen LogP contribution in [-0.2, 0) is 11.3 Å². The maximum atomic E-state index is 12.4. The monoisotopic (exact) mass is 459 g/mol. The molecule has 0 saturated carbocycles. The van der Waals surface area contributed by atoms with Crippen LogP contribution >= 0.6 is 23.4 Å². The van der Waals surface area contributed by atoms with Crippen molar-refractivity contribution in [3.8, 4) is 17.1 Å². The van der Waals surface area contributed by atoms with Crippen molar-refractivity contribution in [2.75, 3.05) is 18.2 Å². The van der Waals surface area contributed by atoms with Crippen molar-refractivity contribution in [1.82, 2.24) is 14.8 Å². The van der Waals surface area contributed by atoms with Crippen molar-refractivity contribution in [3.63, 3.8) is 0 Å². The fraction of sp³-hybridized carbons (Fsp3) is 0.150. The first kappa shape index (κ1) is 22.3. The standard InChI is InChI=1S/C20H18ClN5O4S/c1-3-10-25-19(13-4-7-15(30-2)8-5-13)23-24-20(25)31-12-18(27)22-17-11-14(26(28)29)6-9-16(17)21/h3-9,11H,1,10,12H2,2H3,(H,22,27). The van der Waals surface area contributed by atoms with Gasteiger partial charge in [-0.3, -0.25) is 19.5 Å². The molecule has 0 saturated heterocycles. The van der Waals surface area contributed by atoms with Crippen LogP contribution in [0.3, 0.4) is 0 Å². The van der Waals surface area contributed by atoms with Gasteiger partial charge in [0.15, 0.2) is 11.0 Å². The highest BCUT2D eigenvalue weighted by Crippen LogP contribution is 2.28. The summed E-state index contributed by atoms with van der Waals surface area (Å²) in [4.78, 5) is 22.8. The Morgan fingerprint density at radius 3 is 2.71 bits per heavy atom. The zero-order valence-corrected chi connectivity index (χ0v) is 18.0. The number of rotatable bonds is 9. The molecule has 0 radical (unpaired) electrons. The Labute approximate surface area is 187 Å². The number of benzene rings is 2. The summed E-state index contributed by atoms with van der Waals surface area (Å²) in [7, 11) is 1.59. The Morgan fingerprint density at radius 1 is 1.32 bits per heavy atom. The molecule has 0 unspecified atom stereocenters. The average Bonchev–Trinajstić information content (AvgIpc) is 3.16. The number of carbonyl (C=O) groups is 1. The van der Waals surface area contributed by atoms with E-state index in [1.807, 2.05) is 28.8 Å². The first-order valence-electron chi connectivity index (χ1n) is 8.98. The number of nitro groups is 1. The van der Waals surface area contributed by atoms with Crippen LogP contribution in [0.4, 0.5) is 11.4 Å². The quantitative estimate of drug-likeness (QED) is 0.218. The van der Waals surface area contributed by atoms with Gasteiger partial charge in [0.2, 0.25) is 5.91 Å². The lowest BCUT2D eigenvalue weighted by molar-refractivity contribution is -0.384. The molecule has 0 aliphatic heterocycles. The zero-order valence-electron chi connectivity index (χ0n) is 16.4. The van der Waals surface area contributed by atoms with Gasteiger partial charge in [-0.05, 0) is 30.3 Å². The molecule has 0 aliphatic carbocycles. The van der Waals surface area contributed by atoms with E-state index in [4.69, 9.17) is 16.3 Å². The van der Waals surface area contributed by atoms with E-state index in [1.54, 1.807) is 13.2 Å². The van der Waals surface area contributed by atoms with Crippen LogP contribution in [0, 0.1) is 10.1 Å². The summed E-state index contributed by atoms with van der Waals surface area (Å²) >= 11 is 7.21. The van der Waals surface area contributed by atoms with Gasteiger partial charge >= 0.3 is 0 Å². The number of hydrogen-bond acceptors (Lipinski definition) is 7. The molecule has 9 nitrogen and oxygen atoms in total. The number of nitrogens with zero attached hydrogens (tertiary/aromatic N) is 4. The molecule has 31 heavy (non-hydrogen) atoms. The molecule has 0 fully saturated rings. The topological polar surface area (TPSA) is 112 Å². The van der Waals surface area contributed by atoms with Crippen LogP contribution in [0.15, 0.2) is 60.3 Å². The third kappa shape index (κ3) is 5.41. The van der Waals surface area contributed by atoms with Gasteiger partial charge in [-0.2, -0.15) is 0 Å². The van der Waals surface area contributed by atoms with Crippen LogP contribution < -0.4 is 10.1 Å². The highest BCUT2D eigenvalue weighted by molar-refractivity contribution is 7.99. The van der Waals surface area contributed by atoms with E-state index in [2.05, 4.69) is 22.1 Å². The number of carbonyl (C=O) groups excluding carboxylic acids is 1. The van der Waals surface area contributed by atoms with Crippen LogP contribution in [-0.4, -0.2) is 38.5 Å². The molecular weight excluding hydrogens is 442 g/mol. The summed E-state index contributed by atoms with van der Waals surface area (Å²) in [6.07, 6.45) is 1.71. The van der Waals surface area contributed by atoms with Crippen molar-refractivity contribution in [2.45, 2.75) is 11.7 Å². The van der Waals surface area contributed by atoms with Gasteiger partial charge in [0.25, 0.3) is 5.69 Å². The number of ether oxygens (including phenoxy) is 1. The fourth-order valence-electron chi connectivity index (χ4n) is 2.68. The summed E-state index contributed by atoms with van der Waals surface area (Å²) in [5, 5.41) is 22.7. The molecule has 1 aromatic heterocycles. The number of allylic oxidation sites excluding steroid dienone is 1. The third-order valence-corrected chi connectivity index (χ3v) is 5.44. The predicted octanol–water partition coefficient (Wildman–Crippen LogP) is 4.43. The summed E-state index contributed by atoms with van der Waals surface area (Å²) in [6.45, 7) is 4.22. The second kappa shape index (κ2) is 10.1. The Morgan fingerprint density at radius 2 is 2.06 bits per heavy atom. The van der Waals surface area contributed by atoms with E-state index in [-0.39, 0.29) is 28.1 Å². The maximum Gasteiger partial charge on any atom is 0.271 e. The molecule has 1 heterocycles. The zero-order chi connectivity index (χ0) is 22.4. The van der Waals surface area contributed by atoms with E-state index in [9.17, 15) is 14.9 Å². The van der Waals surface area contributed by atoms with Crippen LogP contribution in [0.2, 0.25) is 5.02 Å². The van der Waals surface area contributed by atoms with Crippen molar-refractivity contribution in [1.29, 1.82) is 0 Å². The SMILES string of the molecule is C=CCn1c(SCC(=O)Nc2cc([N+](=O)[O-])ccc2Cl)nnc1-c1ccc(OC)cc1. The molecule has 3 rings (SSSR count). The molecule has 1 N–H and O–H groups in total. The Kier molecular flexibility index (Phi) is 7.27. The molecule has 0 aliphatic rings. The fourth-order valence-corrected chi connectivity index (χ4v) is 3.59. The minimum atomic E-state index is -0.556. The second-order valence-electron chi connectivity index (χ2n) is 6.19. The summed E-state index contributed by atoms with van der Waals surface area (Å²) < 4.78 is 7.02. The summed E-state index contributed by atoms with van der Waals surface area (Å²) in [5.74, 6) is 0.986. The molecule has 0 atom stereocenters. The Bertz CT molecular complexity index is 1120. The number of anilines is 1. The van der Waals surface area contributed by atoms with Crippen molar-refractivity contribution < 1.29 is 14.5 Å². The normalized spacial score (nSPS) is 10.5. The van der Waals surface area contributed by atoms with Gasteiger partial charge in [0.1, 0.15) is 5.75 Å². The second-order valence-corrected chi connectivity index (χ2v) is 7.54. The lowest BCUT2D eigenvalue weighted by Crippen LogP contribution is -2.15. The molecule has 2 aromatic carbocycles. The molecule has 0 spiro atoms. The number of nitro benzene ring substituents is 1. The van der Waals surface area contributed by atoms with E-state index in [1.165, 1.54) is 30.0 Å². The van der Waals surface area contributed by atoms with Gasteiger partial charge in [0.05, 0.1) is 28.5 Å². The number of hydrogen-bond donors (Lipinski definition) is 1. The largest absolute Gasteiger partial charge is 0.497 e. The Balaban J connectivity index is 1.73. The molecule has 11 heteroatoms. The van der Waals surface area contributed by atoms with Gasteiger partial charge in [-0.15, -0.1) is 16.8 Å². The molecule has 1 amide bonds. The molecule has 3 aromatic rings. The number of halogens is 1. The number of amides is 1. The van der Waals surface area contributed by atoms with Crippen molar-refractivity contribution in [2.24, 2.45) is 0 Å². The van der Waals surface area contributed by atoms with E-state index < -0.39 is 4.92 Å². The lowest BCUT2D eigenvalue weighted by atomic mass is 10.2. The summed E-state index contributed by atoms with van der Waals surface area (Å²) in [5.41, 5.74) is 0.852. The van der Waals surface area contributed by atoms with Crippen LogP contribution in [0.5, 0.6) is 5.75 Å². The first-order valence-corrected chi connectivity index (χ1v) is 10.3. The average molecular weight is 460 g/mol. The van der Waals surface area contributed by atoms with Crippen LogP contribution in [0.25, 0.3) is 11.4 Å². The minimum absolute atomic E-state index is 0.0108. The van der Waals surface area contributed by atoms with Crippen molar-refractivity contribution in [3.05, 3.63) is 70.3 Å². The summed E-state index contributed by atoms with van der Waals surface area (Å²) in [6, 6.07) is 11.2. The third-order valence-electron chi connectivity index (χ3n) is 4.14. The Hall–Kier alpha value is -3.37. The molecular formula is C20H18ClN5O4S. The first-order chi connectivity index (χ1) is 14.9. The van der Waals surface area contributed by atoms with Gasteiger partial charge in [-0.1, -0.05) is 29.4 Å². The minimum Gasteiger partial charge on any atom is -0.497 e. The van der Waals surface area contributed by atoms with Gasteiger partial charge in [0, 0.05) is 24.2 Å². The molecule has 160 valence electrons. The lowest BCUT2D eigenvalue weighted by Gasteiger charge is -2.09. The maximum absolute atomic E-state index is 12.4. The number of nitrogens with one attached hydrogen (secondary N) is 1. The van der Waals surface area contributed by atoms with E-state index in [0.717, 1.165) is 11.3 Å². The van der Waals surface area contributed by atoms with E-state index in [0.29, 0.717) is 17.5 Å². The number of aromatic nitrogens is 3. The smallest absolute Gasteiger partial charge is 0.271 e. The molecule has 0 bridgehead atoms. The number of thioether (sulfide) groups is 1. The highest BCUT2D eigenvalue weighted by Gasteiger charge is 2.16. The highest BCUT2D eigenvalue weighted by atomic mass is 35.5. The number of methoxy groups -OCH3 is 1. The number of non-ortho nitro benzene ring substituents is 1.